The van der Waals surface area contributed by atoms with Gasteiger partial charge in [0.25, 0.3) is 0 Å². The third kappa shape index (κ3) is 3.15. The molecule has 0 aliphatic heterocycles. The summed E-state index contributed by atoms with van der Waals surface area (Å²) in [5, 5.41) is 8.51. The Balaban J connectivity index is 2.94. The summed E-state index contributed by atoms with van der Waals surface area (Å²) in [5.41, 5.74) is 0.728. The second-order valence-corrected chi connectivity index (χ2v) is 3.38. The molecule has 0 fully saturated rings. The molecule has 86 valence electrons. The molecular weight excluding hydrogens is 214 g/mol. The fourth-order valence-electron chi connectivity index (χ4n) is 1.40. The first-order chi connectivity index (χ1) is 7.54. The van der Waals surface area contributed by atoms with Crippen LogP contribution in [0.15, 0.2) is 35.7 Å². The Hall–Kier alpha value is -1.71. The van der Waals surface area contributed by atoms with Crippen LogP contribution in [0.5, 0.6) is 0 Å². The van der Waals surface area contributed by atoms with Crippen molar-refractivity contribution >= 4 is 5.97 Å². The van der Waals surface area contributed by atoms with Crippen molar-refractivity contribution in [3.63, 3.8) is 0 Å². The average molecular weight is 226 g/mol. The van der Waals surface area contributed by atoms with Crippen molar-refractivity contribution < 1.29 is 18.7 Å². The SMILES string of the molecule is CCC(Cc1cccc(F)c1)=C(F)C(=O)O. The fraction of sp³-hybridized carbons (Fsp3) is 0.250. The zero-order chi connectivity index (χ0) is 12.1. The van der Waals surface area contributed by atoms with Crippen LogP contribution in [0.1, 0.15) is 18.9 Å². The highest BCUT2D eigenvalue weighted by Gasteiger charge is 2.13. The number of halogens is 2. The van der Waals surface area contributed by atoms with Gasteiger partial charge in [-0.25, -0.2) is 9.18 Å². The zero-order valence-corrected chi connectivity index (χ0v) is 8.84. The molecule has 1 N–H and O–H groups in total. The van der Waals surface area contributed by atoms with E-state index in [0.29, 0.717) is 5.56 Å². The van der Waals surface area contributed by atoms with E-state index in [2.05, 4.69) is 0 Å². The molecule has 0 unspecified atom stereocenters. The van der Waals surface area contributed by atoms with Crippen LogP contribution in [0.3, 0.4) is 0 Å². The highest BCUT2D eigenvalue weighted by Crippen LogP contribution is 2.17. The van der Waals surface area contributed by atoms with Crippen LogP contribution >= 0.6 is 0 Å². The van der Waals surface area contributed by atoms with Crippen molar-refractivity contribution in [3.8, 4) is 0 Å². The van der Waals surface area contributed by atoms with Crippen molar-refractivity contribution in [2.24, 2.45) is 0 Å². The lowest BCUT2D eigenvalue weighted by Gasteiger charge is -2.05. The smallest absolute Gasteiger partial charge is 0.364 e. The maximum Gasteiger partial charge on any atom is 0.364 e. The minimum atomic E-state index is -1.58. The van der Waals surface area contributed by atoms with E-state index >= 15 is 0 Å². The van der Waals surface area contributed by atoms with Gasteiger partial charge in [0.05, 0.1) is 0 Å². The van der Waals surface area contributed by atoms with Crippen LogP contribution in [0.4, 0.5) is 8.78 Å². The second kappa shape index (κ2) is 5.39. The van der Waals surface area contributed by atoms with Crippen LogP contribution < -0.4 is 0 Å². The summed E-state index contributed by atoms with van der Waals surface area (Å²) in [6.45, 7) is 1.66. The number of allylic oxidation sites excluding steroid dienone is 1. The van der Waals surface area contributed by atoms with Crippen LogP contribution in [0.25, 0.3) is 0 Å². The number of hydrogen-bond acceptors (Lipinski definition) is 1. The standard InChI is InChI=1S/C12H12F2O2/c1-2-9(11(14)12(15)16)6-8-4-3-5-10(13)7-8/h3-5,7H,2,6H2,1H3,(H,15,16). The van der Waals surface area contributed by atoms with Gasteiger partial charge in [-0.05, 0) is 36.1 Å². The van der Waals surface area contributed by atoms with Gasteiger partial charge in [0.2, 0.25) is 5.83 Å². The molecule has 0 saturated heterocycles. The van der Waals surface area contributed by atoms with Crippen molar-refractivity contribution in [3.05, 3.63) is 47.0 Å². The maximum absolute atomic E-state index is 13.2. The molecule has 0 amide bonds. The van der Waals surface area contributed by atoms with E-state index in [1.165, 1.54) is 18.2 Å². The van der Waals surface area contributed by atoms with Crippen molar-refractivity contribution in [1.29, 1.82) is 0 Å². The Bertz CT molecular complexity index is 425. The van der Waals surface area contributed by atoms with Crippen LogP contribution in [0.2, 0.25) is 0 Å². The molecule has 0 aliphatic rings. The van der Waals surface area contributed by atoms with Gasteiger partial charge < -0.3 is 5.11 Å². The predicted octanol–water partition coefficient (Wildman–Crippen LogP) is 3.09. The van der Waals surface area contributed by atoms with E-state index in [4.69, 9.17) is 5.11 Å². The largest absolute Gasteiger partial charge is 0.476 e. The lowest BCUT2D eigenvalue weighted by Crippen LogP contribution is -2.02. The van der Waals surface area contributed by atoms with Crippen LogP contribution in [-0.2, 0) is 11.2 Å². The normalized spacial score (nSPS) is 12.2. The van der Waals surface area contributed by atoms with E-state index in [-0.39, 0.29) is 18.4 Å². The van der Waals surface area contributed by atoms with Gasteiger partial charge in [0, 0.05) is 0 Å². The lowest BCUT2D eigenvalue weighted by molar-refractivity contribution is -0.134. The molecule has 0 saturated carbocycles. The first kappa shape index (κ1) is 12.4. The summed E-state index contributed by atoms with van der Waals surface area (Å²) in [4.78, 5) is 10.4. The van der Waals surface area contributed by atoms with Crippen molar-refractivity contribution in [2.45, 2.75) is 19.8 Å². The van der Waals surface area contributed by atoms with Gasteiger partial charge in [0.15, 0.2) is 0 Å². The zero-order valence-electron chi connectivity index (χ0n) is 8.84. The molecule has 1 aromatic rings. The first-order valence-corrected chi connectivity index (χ1v) is 4.89. The van der Waals surface area contributed by atoms with Crippen LogP contribution in [0, 0.1) is 5.82 Å². The van der Waals surface area contributed by atoms with Gasteiger partial charge in [-0.15, -0.1) is 0 Å². The number of hydrogen-bond donors (Lipinski definition) is 1. The minimum Gasteiger partial charge on any atom is -0.476 e. The average Bonchev–Trinajstić information content (AvgIpc) is 2.25. The number of aliphatic carboxylic acids is 1. The van der Waals surface area contributed by atoms with Crippen molar-refractivity contribution in [1.82, 2.24) is 0 Å². The highest BCUT2D eigenvalue weighted by atomic mass is 19.1. The Morgan fingerprint density at radius 3 is 2.62 bits per heavy atom. The molecule has 0 heterocycles. The second-order valence-electron chi connectivity index (χ2n) is 3.38. The molecule has 2 nitrogen and oxygen atoms in total. The fourth-order valence-corrected chi connectivity index (χ4v) is 1.40. The number of carboxylic acids is 1. The molecule has 4 heteroatoms. The van der Waals surface area contributed by atoms with E-state index in [1.807, 2.05) is 0 Å². The molecule has 0 aromatic heterocycles. The minimum absolute atomic E-state index is 0.117. The molecule has 0 atom stereocenters. The van der Waals surface area contributed by atoms with Gasteiger partial charge in [-0.3, -0.25) is 0 Å². The summed E-state index contributed by atoms with van der Waals surface area (Å²) >= 11 is 0. The predicted molar refractivity (Wildman–Crippen MR) is 56.2 cm³/mol. The summed E-state index contributed by atoms with van der Waals surface area (Å²) in [6, 6.07) is 5.70. The van der Waals surface area contributed by atoms with Gasteiger partial charge in [0.1, 0.15) is 5.82 Å². The molecule has 0 radical (unpaired) electrons. The Labute approximate surface area is 92.2 Å². The first-order valence-electron chi connectivity index (χ1n) is 4.89. The van der Waals surface area contributed by atoms with E-state index < -0.39 is 17.6 Å². The lowest BCUT2D eigenvalue weighted by atomic mass is 10.0. The van der Waals surface area contributed by atoms with Crippen molar-refractivity contribution in [2.75, 3.05) is 0 Å². The molecule has 1 rings (SSSR count). The Kier molecular flexibility index (Phi) is 4.17. The van der Waals surface area contributed by atoms with E-state index in [1.54, 1.807) is 13.0 Å². The summed E-state index contributed by atoms with van der Waals surface area (Å²) in [7, 11) is 0. The molecule has 16 heavy (non-hydrogen) atoms. The van der Waals surface area contributed by atoms with Gasteiger partial charge in [-0.2, -0.15) is 4.39 Å². The molecule has 0 bridgehead atoms. The topological polar surface area (TPSA) is 37.3 Å². The maximum atomic E-state index is 13.2. The molecule has 1 aromatic carbocycles. The summed E-state index contributed by atoms with van der Waals surface area (Å²) in [6.07, 6.45) is 0.404. The van der Waals surface area contributed by atoms with Crippen LogP contribution in [-0.4, -0.2) is 11.1 Å². The quantitative estimate of drug-likeness (QED) is 0.801. The number of carboxylic acid groups (broad SMARTS) is 1. The van der Waals surface area contributed by atoms with Gasteiger partial charge in [-0.1, -0.05) is 19.1 Å². The van der Waals surface area contributed by atoms with E-state index in [0.717, 1.165) is 0 Å². The molecule has 0 spiro atoms. The molecule has 0 aliphatic carbocycles. The third-order valence-corrected chi connectivity index (χ3v) is 2.23. The molecular formula is C12H12F2O2. The number of benzene rings is 1. The Morgan fingerprint density at radius 2 is 2.12 bits per heavy atom. The Morgan fingerprint density at radius 1 is 1.44 bits per heavy atom. The number of rotatable bonds is 4. The summed E-state index contributed by atoms with van der Waals surface area (Å²) in [5.74, 6) is -3.14. The number of carbonyl (C=O) groups is 1. The highest BCUT2D eigenvalue weighted by molar-refractivity contribution is 5.84. The van der Waals surface area contributed by atoms with Gasteiger partial charge >= 0.3 is 5.97 Å². The van der Waals surface area contributed by atoms with E-state index in [9.17, 15) is 13.6 Å². The third-order valence-electron chi connectivity index (χ3n) is 2.23. The monoisotopic (exact) mass is 226 g/mol. The summed E-state index contributed by atoms with van der Waals surface area (Å²) < 4.78 is 26.0.